The Balaban J connectivity index is -0.0000000417. The standard InChI is InChI=1S/C2H2O4.HI.2K/c3-1(4)2(5)6;;;/h(H,3,4)(H,5,6);1H;;/q;;2*+1/p-2. The fourth-order valence-corrected chi connectivity index (χ4v) is 0. The predicted molar refractivity (Wildman–Crippen MR) is 12.6 cm³/mol. The van der Waals surface area contributed by atoms with E-state index in [4.69, 9.17) is 19.8 Å². The van der Waals surface area contributed by atoms with Crippen LogP contribution in [0.15, 0.2) is 0 Å². The molecule has 0 heterocycles. The molecule has 0 aromatic rings. The summed E-state index contributed by atoms with van der Waals surface area (Å²) in [6, 6.07) is 0. The van der Waals surface area contributed by atoms with Gasteiger partial charge in [0.1, 0.15) is 0 Å². The third-order valence-corrected chi connectivity index (χ3v) is 0.175. The van der Waals surface area contributed by atoms with Crippen LogP contribution in [-0.2, 0) is 9.59 Å². The van der Waals surface area contributed by atoms with Gasteiger partial charge in [-0.2, -0.15) is 0 Å². The molecule has 0 aliphatic carbocycles. The molecule has 0 radical (unpaired) electrons. The van der Waals surface area contributed by atoms with Crippen LogP contribution >= 0.6 is 0 Å². The smallest absolute Gasteiger partial charge is 1.00 e. The van der Waals surface area contributed by atoms with Crippen LogP contribution < -0.4 is 132 Å². The number of carboxylic acid groups (broad SMARTS) is 2. The SMILES string of the molecule is O=C([O-])C(=O)O.[I-].[K+].[K+]. The molecule has 1 N–H and O–H groups in total. The summed E-state index contributed by atoms with van der Waals surface area (Å²) in [4.78, 5) is 18.0. The van der Waals surface area contributed by atoms with E-state index in [1.54, 1.807) is 0 Å². The van der Waals surface area contributed by atoms with Crippen molar-refractivity contribution in [3.8, 4) is 0 Å². The van der Waals surface area contributed by atoms with Gasteiger partial charge in [0.2, 0.25) is 0 Å². The zero-order chi connectivity index (χ0) is 5.15. The quantitative estimate of drug-likeness (QED) is 0.273. The van der Waals surface area contributed by atoms with Gasteiger partial charge in [0.05, 0.1) is 0 Å². The number of carbonyl (C=O) groups is 2. The summed E-state index contributed by atoms with van der Waals surface area (Å²) in [5.41, 5.74) is 0. The molecule has 0 atom stereocenters. The van der Waals surface area contributed by atoms with Gasteiger partial charge in [-0.3, -0.25) is 0 Å². The van der Waals surface area contributed by atoms with Crippen molar-refractivity contribution in [2.45, 2.75) is 0 Å². The van der Waals surface area contributed by atoms with E-state index < -0.39 is 11.9 Å². The van der Waals surface area contributed by atoms with Gasteiger partial charge < -0.3 is 39.0 Å². The van der Waals surface area contributed by atoms with Crippen LogP contribution in [0, 0.1) is 0 Å². The molecule has 0 aliphatic heterocycles. The Morgan fingerprint density at radius 3 is 1.33 bits per heavy atom. The Morgan fingerprint density at radius 2 is 1.33 bits per heavy atom. The first-order valence-electron chi connectivity index (χ1n) is 1.09. The second-order valence-corrected chi connectivity index (χ2v) is 0.593. The summed E-state index contributed by atoms with van der Waals surface area (Å²) in [5.74, 6) is -4.01. The van der Waals surface area contributed by atoms with E-state index in [1.807, 2.05) is 0 Å². The van der Waals surface area contributed by atoms with Crippen molar-refractivity contribution in [1.82, 2.24) is 0 Å². The van der Waals surface area contributed by atoms with E-state index in [0.29, 0.717) is 0 Å². The van der Waals surface area contributed by atoms with Crippen molar-refractivity contribution in [2.24, 2.45) is 0 Å². The number of aliphatic carboxylic acids is 2. The molecule has 0 aromatic carbocycles. The molecule has 0 fully saturated rings. The monoisotopic (exact) mass is 294 g/mol. The normalized spacial score (nSPS) is 4.89. The largest absolute Gasteiger partial charge is 1.00 e. The maximum Gasteiger partial charge on any atom is 1.00 e. The molecule has 0 aromatic heterocycles. The Morgan fingerprint density at radius 1 is 1.22 bits per heavy atom. The summed E-state index contributed by atoms with van der Waals surface area (Å²) >= 11 is 0. The Bertz CT molecular complexity index is 82.6. The fourth-order valence-electron chi connectivity index (χ4n) is 0. The molecule has 7 heteroatoms. The second kappa shape index (κ2) is 13.5. The number of halogens is 1. The maximum absolute atomic E-state index is 9.04. The number of carboxylic acids is 2. The maximum atomic E-state index is 9.04. The summed E-state index contributed by atoms with van der Waals surface area (Å²) in [7, 11) is 0. The molecule has 0 amide bonds. The van der Waals surface area contributed by atoms with Crippen molar-refractivity contribution in [2.75, 3.05) is 0 Å². The van der Waals surface area contributed by atoms with E-state index >= 15 is 0 Å². The van der Waals surface area contributed by atoms with Crippen LogP contribution in [-0.4, -0.2) is 17.0 Å². The zero-order valence-corrected chi connectivity index (χ0v) is 13.5. The van der Waals surface area contributed by atoms with Gasteiger partial charge in [-0.1, -0.05) is 0 Å². The molecular weight excluding hydrogens is 293 g/mol. The van der Waals surface area contributed by atoms with E-state index in [1.165, 1.54) is 0 Å². The molecule has 0 unspecified atom stereocenters. The Labute approximate surface area is 154 Å². The molecule has 0 rings (SSSR count). The molecule has 0 saturated heterocycles. The van der Waals surface area contributed by atoms with E-state index in [-0.39, 0.29) is 127 Å². The molecule has 0 aliphatic rings. The van der Waals surface area contributed by atoms with Crippen LogP contribution in [0.25, 0.3) is 0 Å². The summed E-state index contributed by atoms with van der Waals surface area (Å²) in [5, 5.41) is 16.3. The third kappa shape index (κ3) is 18.2. The number of hydrogen-bond donors (Lipinski definition) is 1. The Hall–Kier alpha value is 2.94. The van der Waals surface area contributed by atoms with Crippen LogP contribution in [0.2, 0.25) is 0 Å². The first-order valence-corrected chi connectivity index (χ1v) is 1.09. The van der Waals surface area contributed by atoms with Gasteiger partial charge >= 0.3 is 109 Å². The molecule has 0 spiro atoms. The molecule has 0 bridgehead atoms. The van der Waals surface area contributed by atoms with Crippen molar-refractivity contribution < 1.29 is 147 Å². The minimum absolute atomic E-state index is 0. The van der Waals surface area contributed by atoms with Gasteiger partial charge in [0.15, 0.2) is 5.97 Å². The van der Waals surface area contributed by atoms with E-state index in [9.17, 15) is 0 Å². The van der Waals surface area contributed by atoms with Crippen molar-refractivity contribution in [3.05, 3.63) is 0 Å². The van der Waals surface area contributed by atoms with Gasteiger partial charge in [-0.05, 0) is 0 Å². The molecule has 9 heavy (non-hydrogen) atoms. The average molecular weight is 294 g/mol. The summed E-state index contributed by atoms with van der Waals surface area (Å²) in [6.07, 6.45) is 0. The summed E-state index contributed by atoms with van der Waals surface area (Å²) in [6.45, 7) is 0. The van der Waals surface area contributed by atoms with Crippen molar-refractivity contribution in [3.63, 3.8) is 0 Å². The average Bonchev–Trinajstić information content (AvgIpc) is 1.36. The van der Waals surface area contributed by atoms with Gasteiger partial charge in [0, 0.05) is 0 Å². The van der Waals surface area contributed by atoms with E-state index in [0.717, 1.165) is 0 Å². The first kappa shape index (κ1) is 22.7. The minimum Gasteiger partial charge on any atom is -1.00 e. The number of carbonyl (C=O) groups excluding carboxylic acids is 1. The van der Waals surface area contributed by atoms with Gasteiger partial charge in [0.25, 0.3) is 0 Å². The first-order chi connectivity index (χ1) is 2.64. The molecule has 0 saturated carbocycles. The Kier molecular flexibility index (Phi) is 34.1. The predicted octanol–water partition coefficient (Wildman–Crippen LogP) is -11.2. The summed E-state index contributed by atoms with van der Waals surface area (Å²) < 4.78 is 0. The second-order valence-electron chi connectivity index (χ2n) is 0.593. The number of hydrogen-bond acceptors (Lipinski definition) is 3. The third-order valence-electron chi connectivity index (χ3n) is 0.175. The molecular formula is C2HIK2O4. The van der Waals surface area contributed by atoms with Crippen molar-refractivity contribution in [1.29, 1.82) is 0 Å². The topological polar surface area (TPSA) is 77.4 Å². The molecule has 4 nitrogen and oxygen atoms in total. The van der Waals surface area contributed by atoms with Crippen LogP contribution in [0.5, 0.6) is 0 Å². The van der Waals surface area contributed by atoms with Crippen molar-refractivity contribution >= 4 is 11.9 Å². The van der Waals surface area contributed by atoms with E-state index in [2.05, 4.69) is 0 Å². The fraction of sp³-hybridized carbons (Fsp3) is 0. The van der Waals surface area contributed by atoms with Crippen LogP contribution in [0.1, 0.15) is 0 Å². The van der Waals surface area contributed by atoms with Gasteiger partial charge in [-0.25, -0.2) is 4.79 Å². The molecule has 42 valence electrons. The van der Waals surface area contributed by atoms with Gasteiger partial charge in [-0.15, -0.1) is 0 Å². The zero-order valence-electron chi connectivity index (χ0n) is 5.05. The van der Waals surface area contributed by atoms with Crippen LogP contribution in [0.4, 0.5) is 0 Å². The minimum atomic E-state index is -2.07. The van der Waals surface area contributed by atoms with Crippen LogP contribution in [0.3, 0.4) is 0 Å². The number of rotatable bonds is 0.